The number of aliphatic hydroxyl groups is 1. The largest absolute Gasteiger partial charge is 0.399 e. The van der Waals surface area contributed by atoms with Gasteiger partial charge in [0.15, 0.2) is 11.7 Å². The first-order valence-electron chi connectivity index (χ1n) is 8.62. The number of H-pyrrole nitrogens is 1. The van der Waals surface area contributed by atoms with Gasteiger partial charge >= 0.3 is 0 Å². The number of rotatable bonds is 3. The normalized spacial score (nSPS) is 16.0. The quantitative estimate of drug-likeness (QED) is 0.383. The fourth-order valence-electron chi connectivity index (χ4n) is 2.77. The molecule has 1 aliphatic heterocycles. The highest BCUT2D eigenvalue weighted by molar-refractivity contribution is 6.09. The van der Waals surface area contributed by atoms with Crippen LogP contribution in [-0.4, -0.2) is 53.0 Å². The number of aliphatic imine (C=N–C) groups is 1. The lowest BCUT2D eigenvalue weighted by atomic mass is 10.1. The van der Waals surface area contributed by atoms with E-state index in [0.717, 1.165) is 5.69 Å². The molecule has 0 atom stereocenters. The van der Waals surface area contributed by atoms with E-state index in [1.807, 2.05) is 12.1 Å². The molecular weight excluding hydrogens is 330 g/mol. The molecule has 26 heavy (non-hydrogen) atoms. The second kappa shape index (κ2) is 7.31. The van der Waals surface area contributed by atoms with Gasteiger partial charge in [-0.3, -0.25) is 5.41 Å². The van der Waals surface area contributed by atoms with Crippen molar-refractivity contribution in [3.63, 3.8) is 0 Å². The van der Waals surface area contributed by atoms with Crippen molar-refractivity contribution < 1.29 is 9.84 Å². The molecule has 1 aromatic carbocycles. The van der Waals surface area contributed by atoms with Crippen LogP contribution in [0.4, 0.5) is 5.69 Å². The van der Waals surface area contributed by atoms with Gasteiger partial charge in [-0.1, -0.05) is 0 Å². The van der Waals surface area contributed by atoms with E-state index in [2.05, 4.69) is 14.9 Å². The zero-order valence-corrected chi connectivity index (χ0v) is 15.1. The van der Waals surface area contributed by atoms with Crippen molar-refractivity contribution in [3.05, 3.63) is 53.3 Å². The van der Waals surface area contributed by atoms with Gasteiger partial charge in [0.25, 0.3) is 0 Å². The Balaban J connectivity index is 1.96. The highest BCUT2D eigenvalue weighted by atomic mass is 16.5. The van der Waals surface area contributed by atoms with Crippen molar-refractivity contribution in [2.75, 3.05) is 32.0 Å². The first-order chi connectivity index (χ1) is 12.3. The summed E-state index contributed by atoms with van der Waals surface area (Å²) in [5.74, 6) is 0.830. The minimum atomic E-state index is -0.973. The van der Waals surface area contributed by atoms with Crippen LogP contribution in [0.25, 0.3) is 0 Å². The number of nitrogen functional groups attached to an aromatic ring is 1. The topological polar surface area (TPSA) is 111 Å². The van der Waals surface area contributed by atoms with Crippen LogP contribution >= 0.6 is 0 Å². The van der Waals surface area contributed by atoms with E-state index in [-0.39, 0.29) is 5.84 Å². The first kappa shape index (κ1) is 18.2. The van der Waals surface area contributed by atoms with E-state index in [9.17, 15) is 5.11 Å². The van der Waals surface area contributed by atoms with E-state index < -0.39 is 5.60 Å². The molecule has 1 saturated heterocycles. The number of amidine groups is 2. The lowest BCUT2D eigenvalue weighted by molar-refractivity contribution is 0.0679. The number of nitrogens with zero attached hydrogens (tertiary/aromatic N) is 2. The van der Waals surface area contributed by atoms with Gasteiger partial charge in [0.1, 0.15) is 0 Å². The molecule has 0 bridgehead atoms. The van der Waals surface area contributed by atoms with Gasteiger partial charge in [-0.15, -0.1) is 0 Å². The van der Waals surface area contributed by atoms with E-state index in [1.165, 1.54) is 0 Å². The summed E-state index contributed by atoms with van der Waals surface area (Å²) in [4.78, 5) is 9.91. The summed E-state index contributed by atoms with van der Waals surface area (Å²) in [7, 11) is 0. The molecule has 2 aromatic rings. The molecule has 3 rings (SSSR count). The van der Waals surface area contributed by atoms with Gasteiger partial charge in [-0.25, -0.2) is 4.99 Å². The molecular formula is C19H25N5O2. The summed E-state index contributed by atoms with van der Waals surface area (Å²) in [5.41, 5.74) is 7.56. The van der Waals surface area contributed by atoms with Gasteiger partial charge in [0.05, 0.1) is 24.5 Å². The summed E-state index contributed by atoms with van der Waals surface area (Å²) < 4.78 is 5.43. The van der Waals surface area contributed by atoms with Crippen LogP contribution in [-0.2, 0) is 10.3 Å². The number of nitrogens with two attached hydrogens (primary N) is 1. The minimum absolute atomic E-state index is 0.158. The molecule has 0 spiro atoms. The molecule has 1 fully saturated rings. The van der Waals surface area contributed by atoms with Crippen LogP contribution in [0.2, 0.25) is 0 Å². The molecule has 0 saturated carbocycles. The number of ether oxygens (including phenoxy) is 1. The first-order valence-corrected chi connectivity index (χ1v) is 8.62. The van der Waals surface area contributed by atoms with Crippen LogP contribution < -0.4 is 5.73 Å². The SMILES string of the molecule is CC(C)(O)c1ccc(/C(=N\C(=N)c2ccc(N)cc2)N2CCOCC2)[nH]1. The maximum absolute atomic E-state index is 10.2. The van der Waals surface area contributed by atoms with Crippen LogP contribution in [0.3, 0.4) is 0 Å². The van der Waals surface area contributed by atoms with Crippen molar-refractivity contribution in [1.82, 2.24) is 9.88 Å². The smallest absolute Gasteiger partial charge is 0.155 e. The van der Waals surface area contributed by atoms with Crippen molar-refractivity contribution in [2.24, 2.45) is 4.99 Å². The Morgan fingerprint density at radius 3 is 2.42 bits per heavy atom. The van der Waals surface area contributed by atoms with Gasteiger partial charge in [0.2, 0.25) is 0 Å². The lowest BCUT2D eigenvalue weighted by Gasteiger charge is -2.29. The fraction of sp³-hybridized carbons (Fsp3) is 0.368. The Morgan fingerprint density at radius 2 is 1.85 bits per heavy atom. The Bertz CT molecular complexity index is 796. The number of hydrogen-bond donors (Lipinski definition) is 4. The van der Waals surface area contributed by atoms with Gasteiger partial charge < -0.3 is 25.5 Å². The van der Waals surface area contributed by atoms with Gasteiger partial charge in [-0.2, -0.15) is 0 Å². The standard InChI is InChI=1S/C19H25N5O2/c1-19(2,25)16-8-7-15(22-16)18(24-9-11-26-12-10-24)23-17(21)13-3-5-14(20)6-4-13/h3-8,21-22,25H,9-12,20H2,1-2H3/b21-17?,23-18+. The van der Waals surface area contributed by atoms with Crippen LogP contribution in [0.5, 0.6) is 0 Å². The van der Waals surface area contributed by atoms with Crippen molar-refractivity contribution in [2.45, 2.75) is 19.4 Å². The Labute approximate surface area is 153 Å². The van der Waals surface area contributed by atoms with Gasteiger partial charge in [-0.05, 0) is 50.2 Å². The molecule has 0 aliphatic carbocycles. The number of nitrogens with one attached hydrogen (secondary N) is 2. The third-order valence-corrected chi connectivity index (χ3v) is 4.30. The monoisotopic (exact) mass is 355 g/mol. The van der Waals surface area contributed by atoms with Gasteiger partial charge in [0, 0.05) is 30.0 Å². The molecule has 7 heteroatoms. The zero-order chi connectivity index (χ0) is 18.7. The molecule has 1 aliphatic rings. The van der Waals surface area contributed by atoms with Crippen LogP contribution in [0.1, 0.15) is 30.8 Å². The molecule has 0 amide bonds. The predicted molar refractivity (Wildman–Crippen MR) is 103 cm³/mol. The number of aromatic nitrogens is 1. The number of benzene rings is 1. The average molecular weight is 355 g/mol. The second-order valence-corrected chi connectivity index (χ2v) is 6.85. The number of anilines is 1. The molecule has 138 valence electrons. The zero-order valence-electron chi connectivity index (χ0n) is 15.1. The highest BCUT2D eigenvalue weighted by Crippen LogP contribution is 2.20. The highest BCUT2D eigenvalue weighted by Gasteiger charge is 2.23. The third-order valence-electron chi connectivity index (χ3n) is 4.30. The molecule has 1 aromatic heterocycles. The van der Waals surface area contributed by atoms with Crippen LogP contribution in [0.15, 0.2) is 41.4 Å². The fourth-order valence-corrected chi connectivity index (χ4v) is 2.77. The minimum Gasteiger partial charge on any atom is -0.399 e. The maximum Gasteiger partial charge on any atom is 0.155 e. The Kier molecular flexibility index (Phi) is 5.11. The Morgan fingerprint density at radius 1 is 1.19 bits per heavy atom. The third kappa shape index (κ3) is 4.12. The maximum atomic E-state index is 10.2. The number of hydrogen-bond acceptors (Lipinski definition) is 4. The summed E-state index contributed by atoms with van der Waals surface area (Å²) in [6.45, 7) is 6.09. The molecule has 0 unspecified atom stereocenters. The molecule has 7 nitrogen and oxygen atoms in total. The molecule has 0 radical (unpaired) electrons. The van der Waals surface area contributed by atoms with Crippen molar-refractivity contribution >= 4 is 17.4 Å². The van der Waals surface area contributed by atoms with Crippen molar-refractivity contribution in [3.8, 4) is 0 Å². The average Bonchev–Trinajstić information content (AvgIpc) is 3.11. The summed E-state index contributed by atoms with van der Waals surface area (Å²) in [6, 6.07) is 10.8. The van der Waals surface area contributed by atoms with E-state index in [0.29, 0.717) is 49.1 Å². The van der Waals surface area contributed by atoms with Crippen LogP contribution in [0, 0.1) is 5.41 Å². The molecule has 2 heterocycles. The molecule has 5 N–H and O–H groups in total. The summed E-state index contributed by atoms with van der Waals surface area (Å²) in [6.07, 6.45) is 0. The van der Waals surface area contributed by atoms with Crippen molar-refractivity contribution in [1.29, 1.82) is 5.41 Å². The number of aromatic amines is 1. The second-order valence-electron chi connectivity index (χ2n) is 6.85. The number of morpholine rings is 1. The van der Waals surface area contributed by atoms with E-state index in [1.54, 1.807) is 38.1 Å². The lowest BCUT2D eigenvalue weighted by Crippen LogP contribution is -2.41. The van der Waals surface area contributed by atoms with E-state index >= 15 is 0 Å². The van der Waals surface area contributed by atoms with E-state index in [4.69, 9.17) is 15.9 Å². The summed E-state index contributed by atoms with van der Waals surface area (Å²) in [5, 5.41) is 18.6. The summed E-state index contributed by atoms with van der Waals surface area (Å²) >= 11 is 0. The predicted octanol–water partition coefficient (Wildman–Crippen LogP) is 1.93. The Hall–Kier alpha value is -2.64.